The molecule has 0 aliphatic rings. The molecule has 0 saturated heterocycles. The maximum Gasteiger partial charge on any atom is 0.230 e. The summed E-state index contributed by atoms with van der Waals surface area (Å²) in [7, 11) is 0. The Labute approximate surface area is 156 Å². The average Bonchev–Trinajstić information content (AvgIpc) is 3.00. The molecule has 0 spiro atoms. The van der Waals surface area contributed by atoms with Crippen LogP contribution in [0, 0.1) is 0 Å². The monoisotopic (exact) mass is 380 g/mol. The number of amides is 1. The van der Waals surface area contributed by atoms with E-state index in [4.69, 9.17) is 16.3 Å². The highest BCUT2D eigenvalue weighted by Crippen LogP contribution is 2.20. The Kier molecular flexibility index (Phi) is 7.81. The lowest BCUT2D eigenvalue weighted by Gasteiger charge is -2.09. The molecule has 0 saturated carbocycles. The number of carbonyl (C=O) groups is 1. The third-order valence-electron chi connectivity index (χ3n) is 3.19. The van der Waals surface area contributed by atoms with Crippen molar-refractivity contribution in [3.8, 4) is 5.75 Å². The van der Waals surface area contributed by atoms with Gasteiger partial charge in [0.05, 0.1) is 5.75 Å². The number of nitrogens with zero attached hydrogens (tertiary/aromatic N) is 3. The Morgan fingerprint density at radius 3 is 2.84 bits per heavy atom. The molecule has 25 heavy (non-hydrogen) atoms. The lowest BCUT2D eigenvalue weighted by Crippen LogP contribution is -2.25. The van der Waals surface area contributed by atoms with Crippen LogP contribution in [0.2, 0.25) is 5.02 Å². The van der Waals surface area contributed by atoms with Crippen molar-refractivity contribution < 1.29 is 9.53 Å². The van der Waals surface area contributed by atoms with Crippen molar-refractivity contribution >= 4 is 29.3 Å². The van der Waals surface area contributed by atoms with Crippen LogP contribution in [0.1, 0.15) is 19.2 Å². The number of halogens is 1. The van der Waals surface area contributed by atoms with Crippen LogP contribution in [0.25, 0.3) is 0 Å². The van der Waals surface area contributed by atoms with Gasteiger partial charge in [-0.3, -0.25) is 9.36 Å². The van der Waals surface area contributed by atoms with Crippen molar-refractivity contribution in [2.45, 2.75) is 31.7 Å². The molecule has 1 aromatic carbocycles. The van der Waals surface area contributed by atoms with Crippen LogP contribution >= 0.6 is 23.4 Å². The number of rotatable bonds is 10. The van der Waals surface area contributed by atoms with Crippen LogP contribution in [0.3, 0.4) is 0 Å². The smallest absolute Gasteiger partial charge is 0.230 e. The highest BCUT2D eigenvalue weighted by atomic mass is 35.5. The molecule has 2 aromatic rings. The number of aromatic nitrogens is 3. The number of allylic oxidation sites excluding steroid dienone is 1. The SMILES string of the molecule is C=CCn1c(COc2ccc(Cl)cc2)nnc1SCC(=O)NCCC. The minimum absolute atomic E-state index is 0.0148. The highest BCUT2D eigenvalue weighted by molar-refractivity contribution is 7.99. The van der Waals surface area contributed by atoms with E-state index in [9.17, 15) is 4.79 Å². The molecule has 0 radical (unpaired) electrons. The lowest BCUT2D eigenvalue weighted by molar-refractivity contribution is -0.118. The lowest BCUT2D eigenvalue weighted by atomic mass is 10.3. The predicted octanol–water partition coefficient (Wildman–Crippen LogP) is 3.31. The number of hydrogen-bond acceptors (Lipinski definition) is 5. The van der Waals surface area contributed by atoms with Gasteiger partial charge in [0.15, 0.2) is 11.0 Å². The van der Waals surface area contributed by atoms with E-state index < -0.39 is 0 Å². The molecule has 0 fully saturated rings. The third kappa shape index (κ3) is 6.10. The van der Waals surface area contributed by atoms with Gasteiger partial charge in [-0.2, -0.15) is 0 Å². The summed E-state index contributed by atoms with van der Waals surface area (Å²) >= 11 is 7.21. The first-order valence-corrected chi connectivity index (χ1v) is 9.31. The Balaban J connectivity index is 1.98. The third-order valence-corrected chi connectivity index (χ3v) is 4.41. The van der Waals surface area contributed by atoms with Gasteiger partial charge >= 0.3 is 0 Å². The second kappa shape index (κ2) is 10.1. The zero-order valence-electron chi connectivity index (χ0n) is 14.1. The van der Waals surface area contributed by atoms with Crippen molar-refractivity contribution in [1.82, 2.24) is 20.1 Å². The minimum Gasteiger partial charge on any atom is -0.486 e. The first kappa shape index (κ1) is 19.3. The van der Waals surface area contributed by atoms with Gasteiger partial charge in [-0.1, -0.05) is 36.4 Å². The van der Waals surface area contributed by atoms with E-state index in [2.05, 4.69) is 22.1 Å². The topological polar surface area (TPSA) is 69.0 Å². The summed E-state index contributed by atoms with van der Waals surface area (Å²) < 4.78 is 7.61. The first-order valence-electron chi connectivity index (χ1n) is 7.94. The molecule has 0 aliphatic heterocycles. The molecule has 1 amide bonds. The fourth-order valence-electron chi connectivity index (χ4n) is 1.97. The number of carbonyl (C=O) groups excluding carboxylic acids is 1. The molecule has 1 aromatic heterocycles. The fourth-order valence-corrected chi connectivity index (χ4v) is 2.89. The van der Waals surface area contributed by atoms with Gasteiger partial charge in [-0.15, -0.1) is 16.8 Å². The van der Waals surface area contributed by atoms with Crippen LogP contribution in [0.15, 0.2) is 42.1 Å². The Hall–Kier alpha value is -1.99. The van der Waals surface area contributed by atoms with Crippen molar-refractivity contribution in [3.63, 3.8) is 0 Å². The zero-order chi connectivity index (χ0) is 18.1. The average molecular weight is 381 g/mol. The maximum absolute atomic E-state index is 11.7. The number of hydrogen-bond donors (Lipinski definition) is 1. The van der Waals surface area contributed by atoms with Crippen molar-refractivity contribution in [1.29, 1.82) is 0 Å². The van der Waals surface area contributed by atoms with E-state index in [1.807, 2.05) is 11.5 Å². The number of thioether (sulfide) groups is 1. The largest absolute Gasteiger partial charge is 0.486 e. The van der Waals surface area contributed by atoms with Gasteiger partial charge in [-0.05, 0) is 30.7 Å². The molecule has 0 atom stereocenters. The second-order valence-corrected chi connectivity index (χ2v) is 6.56. The van der Waals surface area contributed by atoms with Gasteiger partial charge in [0.2, 0.25) is 5.91 Å². The van der Waals surface area contributed by atoms with Crippen LogP contribution in [-0.2, 0) is 17.9 Å². The van der Waals surface area contributed by atoms with Crippen LogP contribution in [0.5, 0.6) is 5.75 Å². The van der Waals surface area contributed by atoms with Crippen molar-refractivity contribution in [2.75, 3.05) is 12.3 Å². The minimum atomic E-state index is -0.0148. The van der Waals surface area contributed by atoms with Gasteiger partial charge in [0, 0.05) is 18.1 Å². The Morgan fingerprint density at radius 2 is 2.16 bits per heavy atom. The maximum atomic E-state index is 11.7. The van der Waals surface area contributed by atoms with Crippen LogP contribution in [-0.4, -0.2) is 33.0 Å². The summed E-state index contributed by atoms with van der Waals surface area (Å²) in [6.45, 7) is 7.27. The number of benzene rings is 1. The van der Waals surface area contributed by atoms with Crippen LogP contribution in [0.4, 0.5) is 0 Å². The van der Waals surface area contributed by atoms with Gasteiger partial charge in [0.25, 0.3) is 0 Å². The zero-order valence-corrected chi connectivity index (χ0v) is 15.6. The predicted molar refractivity (Wildman–Crippen MR) is 100 cm³/mol. The number of ether oxygens (including phenoxy) is 1. The van der Waals surface area contributed by atoms with Gasteiger partial charge < -0.3 is 10.1 Å². The molecule has 2 rings (SSSR count). The van der Waals surface area contributed by atoms with Gasteiger partial charge in [-0.25, -0.2) is 0 Å². The summed E-state index contributed by atoms with van der Waals surface area (Å²) in [5.74, 6) is 1.66. The molecule has 1 heterocycles. The normalized spacial score (nSPS) is 10.5. The summed E-state index contributed by atoms with van der Waals surface area (Å²) in [6.07, 6.45) is 2.67. The van der Waals surface area contributed by atoms with Gasteiger partial charge in [0.1, 0.15) is 12.4 Å². The Morgan fingerprint density at radius 1 is 1.40 bits per heavy atom. The first-order chi connectivity index (χ1) is 12.1. The number of nitrogens with one attached hydrogen (secondary N) is 1. The molecule has 134 valence electrons. The standard InChI is InChI=1S/C17H21ClN4O2S/c1-3-9-19-16(23)12-25-17-21-20-15(22(17)10-4-2)11-24-14-7-5-13(18)6-8-14/h4-8H,2-3,9-12H2,1H3,(H,19,23). The summed E-state index contributed by atoms with van der Waals surface area (Å²) in [5.41, 5.74) is 0. The molecular weight excluding hydrogens is 360 g/mol. The molecule has 0 bridgehead atoms. The summed E-state index contributed by atoms with van der Waals surface area (Å²) in [5, 5.41) is 12.5. The van der Waals surface area contributed by atoms with E-state index in [0.29, 0.717) is 40.6 Å². The van der Waals surface area contributed by atoms with Crippen molar-refractivity contribution in [3.05, 3.63) is 47.8 Å². The van der Waals surface area contributed by atoms with Crippen LogP contribution < -0.4 is 10.1 Å². The van der Waals surface area contributed by atoms with E-state index >= 15 is 0 Å². The summed E-state index contributed by atoms with van der Waals surface area (Å²) in [6, 6.07) is 7.12. The molecule has 6 nitrogen and oxygen atoms in total. The summed E-state index contributed by atoms with van der Waals surface area (Å²) in [4.78, 5) is 11.7. The second-order valence-electron chi connectivity index (χ2n) is 5.18. The van der Waals surface area contributed by atoms with E-state index in [1.54, 1.807) is 30.3 Å². The molecule has 0 aliphatic carbocycles. The molecule has 8 heteroatoms. The highest BCUT2D eigenvalue weighted by Gasteiger charge is 2.14. The Bertz CT molecular complexity index is 703. The quantitative estimate of drug-likeness (QED) is 0.506. The van der Waals surface area contributed by atoms with Crippen molar-refractivity contribution in [2.24, 2.45) is 0 Å². The molecule has 1 N–H and O–H groups in total. The van der Waals surface area contributed by atoms with E-state index in [0.717, 1.165) is 6.42 Å². The van der Waals surface area contributed by atoms with E-state index in [-0.39, 0.29) is 12.5 Å². The van der Waals surface area contributed by atoms with E-state index in [1.165, 1.54) is 11.8 Å². The molecular formula is C17H21ClN4O2S. The molecule has 0 unspecified atom stereocenters. The fraction of sp³-hybridized carbons (Fsp3) is 0.353.